The smallest absolute Gasteiger partial charge is 1.00 e. The van der Waals surface area contributed by atoms with Crippen molar-refractivity contribution in [1.29, 1.82) is 0 Å². The Kier molecular flexibility index (Phi) is 205. The molecule has 0 heterocycles. The molecule has 0 radical (unpaired) electrons. The summed E-state index contributed by atoms with van der Waals surface area (Å²) in [6.45, 7) is 12.0. The van der Waals surface area contributed by atoms with E-state index in [4.69, 9.17) is 0 Å². The molecule has 0 unspecified atom stereocenters. The second-order valence-electron chi connectivity index (χ2n) is 0. The quantitative estimate of drug-likeness (QED) is 0.254. The van der Waals surface area contributed by atoms with E-state index in [-0.39, 0.29) is 158 Å². The van der Waals surface area contributed by atoms with Gasteiger partial charge in [0.1, 0.15) is 0 Å². The topological polar surface area (TPSA) is 0 Å². The van der Waals surface area contributed by atoms with Crippen LogP contribution in [0.3, 0.4) is 0 Å². The van der Waals surface area contributed by atoms with Gasteiger partial charge in [-0.3, -0.25) is 0 Å². The minimum atomic E-state index is 0. The van der Waals surface area contributed by atoms with Crippen LogP contribution in [0.4, 0.5) is 0 Å². The number of hydrogen-bond donors (Lipinski definition) is 0. The van der Waals surface area contributed by atoms with Gasteiger partial charge in [-0.05, 0) is 0 Å². The van der Waals surface area contributed by atoms with E-state index in [1.54, 1.807) is 0 Å². The third-order valence-corrected chi connectivity index (χ3v) is 0. The van der Waals surface area contributed by atoms with Crippen LogP contribution in [0.1, 0.15) is 4.28 Å². The van der Waals surface area contributed by atoms with E-state index in [1.165, 1.54) is 0 Å². The van der Waals surface area contributed by atoms with E-state index in [9.17, 15) is 0 Å². The first-order valence-corrected chi connectivity index (χ1v) is 1.000. The fourth-order valence-corrected chi connectivity index (χ4v) is 0. The molecule has 0 aromatic heterocycles. The Morgan fingerprint density at radius 1 is 0.571 bits per heavy atom. The van der Waals surface area contributed by atoms with Crippen LogP contribution in [0.5, 0.6) is 0 Å². The van der Waals surface area contributed by atoms with Crippen LogP contribution in [0.2, 0.25) is 0 Å². The third kappa shape index (κ3) is 38.0. The molecule has 0 amide bonds. The Balaban J connectivity index is -0.000000000833. The first-order chi connectivity index (χ1) is 2.00. The molecular weight excluding hydrogens is 165 g/mol. The molecule has 0 aromatic carbocycles. The minimum absolute atomic E-state index is 0. The van der Waals surface area contributed by atoms with E-state index >= 15 is 0 Å². The summed E-state index contributed by atoms with van der Waals surface area (Å²) in [7, 11) is 0. The molecule has 0 spiro atoms. The molecule has 0 atom stereocenters. The Morgan fingerprint density at radius 2 is 0.571 bits per heavy atom. The third-order valence-electron chi connectivity index (χ3n) is 0. The molecule has 30 valence electrons. The van der Waals surface area contributed by atoms with Gasteiger partial charge < -0.3 is 4.28 Å². The van der Waals surface area contributed by atoms with E-state index in [1.807, 2.05) is 0 Å². The average molecular weight is 176 g/mol. The van der Waals surface area contributed by atoms with Crippen LogP contribution >= 0.6 is 0 Å². The molecule has 3 heteroatoms. The normalized spacial score (nSPS) is 1.14. The fraction of sp³-hybridized carbons (Fsp3) is 0. The van der Waals surface area contributed by atoms with Crippen molar-refractivity contribution in [3.8, 4) is 0 Å². The Morgan fingerprint density at radius 3 is 0.571 bits per heavy atom. The Bertz CT molecular complexity index is 17.7. The van der Waals surface area contributed by atoms with E-state index in [0.29, 0.717) is 0 Å². The van der Waals surface area contributed by atoms with Gasteiger partial charge in [-0.25, -0.2) is 0 Å². The van der Waals surface area contributed by atoms with Crippen LogP contribution in [-0.4, -0.2) is 0 Å². The van der Waals surface area contributed by atoms with Crippen LogP contribution < -0.4 is 154 Å². The summed E-state index contributed by atoms with van der Waals surface area (Å²) in [5.74, 6) is 0. The maximum absolute atomic E-state index is 3.00. The van der Waals surface area contributed by atoms with Crippen LogP contribution in [-0.2, 0) is 0 Å². The maximum atomic E-state index is 3.00. The van der Waals surface area contributed by atoms with Crippen LogP contribution in [0.25, 0.3) is 0 Å². The average Bonchev–Trinajstić information content (AvgIpc) is 1.50. The molecule has 0 N–H and O–H groups in total. The number of rotatable bonds is 0. The van der Waals surface area contributed by atoms with E-state index in [0.717, 1.165) is 0 Å². The first-order valence-electron chi connectivity index (χ1n) is 1.000. The van der Waals surface area contributed by atoms with Crippen molar-refractivity contribution in [1.82, 2.24) is 0 Å². The number of hydrogen-bond acceptors (Lipinski definition) is 0. The molecule has 0 nitrogen and oxygen atoms in total. The molecule has 0 aliphatic heterocycles. The second-order valence-corrected chi connectivity index (χ2v) is 0. The summed E-state index contributed by atoms with van der Waals surface area (Å²) in [5, 5.41) is 0. The van der Waals surface area contributed by atoms with Gasteiger partial charge in [0, 0.05) is 0 Å². The fourth-order valence-electron chi connectivity index (χ4n) is 0. The standard InChI is InChI=1S/2C2H4.3K.3H/c2*1-2;;;;;;/h2*1-2H2;;;;;;/q;;3*+1;3*-1. The second kappa shape index (κ2) is 47.5. The summed E-state index contributed by atoms with van der Waals surface area (Å²) in [6, 6.07) is 0. The summed E-state index contributed by atoms with van der Waals surface area (Å²) in [4.78, 5) is 0. The van der Waals surface area contributed by atoms with Crippen molar-refractivity contribution in [2.45, 2.75) is 0 Å². The van der Waals surface area contributed by atoms with E-state index in [2.05, 4.69) is 26.3 Å². The molecule has 0 saturated carbocycles. The maximum Gasteiger partial charge on any atom is 1.00 e. The predicted molar refractivity (Wildman–Crippen MR) is 25.8 cm³/mol. The SMILES string of the molecule is C=C.C=C.[H-].[H-].[H-].[K+].[K+].[K+]. The zero-order chi connectivity index (χ0) is 4.00. The molecule has 0 saturated heterocycles. The van der Waals surface area contributed by atoms with Gasteiger partial charge in [0.2, 0.25) is 0 Å². The van der Waals surface area contributed by atoms with Crippen molar-refractivity contribution < 1.29 is 158 Å². The predicted octanol–water partition coefficient (Wildman–Crippen LogP) is -7.05. The van der Waals surface area contributed by atoms with Gasteiger partial charge >= 0.3 is 154 Å². The van der Waals surface area contributed by atoms with Gasteiger partial charge in [-0.15, -0.1) is 26.3 Å². The van der Waals surface area contributed by atoms with Gasteiger partial charge in [-0.2, -0.15) is 0 Å². The molecule has 0 aliphatic rings. The van der Waals surface area contributed by atoms with Crippen molar-refractivity contribution in [2.75, 3.05) is 0 Å². The monoisotopic (exact) mass is 176 g/mol. The molecule has 0 aliphatic carbocycles. The van der Waals surface area contributed by atoms with Gasteiger partial charge in [-0.1, -0.05) is 0 Å². The van der Waals surface area contributed by atoms with Crippen LogP contribution in [0.15, 0.2) is 26.3 Å². The van der Waals surface area contributed by atoms with Crippen molar-refractivity contribution in [2.24, 2.45) is 0 Å². The zero-order valence-corrected chi connectivity index (χ0v) is 15.2. The molecular formula is C4H11K3. The van der Waals surface area contributed by atoms with E-state index < -0.39 is 0 Å². The largest absolute Gasteiger partial charge is 1.00 e. The first kappa shape index (κ1) is 30.1. The van der Waals surface area contributed by atoms with Gasteiger partial charge in [0.15, 0.2) is 0 Å². The minimum Gasteiger partial charge on any atom is -1.00 e. The molecule has 7 heavy (non-hydrogen) atoms. The summed E-state index contributed by atoms with van der Waals surface area (Å²) in [5.41, 5.74) is 0. The Labute approximate surface area is 179 Å². The van der Waals surface area contributed by atoms with Crippen molar-refractivity contribution >= 4 is 0 Å². The van der Waals surface area contributed by atoms with Gasteiger partial charge in [0.05, 0.1) is 0 Å². The van der Waals surface area contributed by atoms with Crippen molar-refractivity contribution in [3.05, 3.63) is 26.3 Å². The molecule has 0 bridgehead atoms. The molecule has 0 fully saturated rings. The summed E-state index contributed by atoms with van der Waals surface area (Å²) >= 11 is 0. The van der Waals surface area contributed by atoms with Crippen molar-refractivity contribution in [3.63, 3.8) is 0 Å². The molecule has 0 rings (SSSR count). The van der Waals surface area contributed by atoms with Gasteiger partial charge in [0.25, 0.3) is 0 Å². The molecule has 0 aromatic rings. The van der Waals surface area contributed by atoms with Crippen LogP contribution in [0, 0.1) is 0 Å². The summed E-state index contributed by atoms with van der Waals surface area (Å²) in [6.07, 6.45) is 0. The Hall–Kier alpha value is 4.39. The zero-order valence-electron chi connectivity index (χ0n) is 8.83. The summed E-state index contributed by atoms with van der Waals surface area (Å²) < 4.78 is 0.